The number of hydrogen-bond acceptors (Lipinski definition) is 4. The molecule has 0 unspecified atom stereocenters. The highest BCUT2D eigenvalue weighted by Crippen LogP contribution is 2.33. The third kappa shape index (κ3) is 2.32. The summed E-state index contributed by atoms with van der Waals surface area (Å²) in [6, 6.07) is 0.817. The van der Waals surface area contributed by atoms with Gasteiger partial charge >= 0.3 is 5.97 Å². The quantitative estimate of drug-likeness (QED) is 0.642. The van der Waals surface area contributed by atoms with Crippen LogP contribution in [0.15, 0.2) is 0 Å². The maximum absolute atomic E-state index is 11.2. The third-order valence-corrected chi connectivity index (χ3v) is 4.12. The average Bonchev–Trinajstić information content (AvgIpc) is 2.53. The Hall–Kier alpha value is -0.650. The predicted octanol–water partition coefficient (Wildman–Crippen LogP) is -0.106. The monoisotopic (exact) mass is 242 g/mol. The van der Waals surface area contributed by atoms with E-state index in [4.69, 9.17) is 0 Å². The lowest BCUT2D eigenvalue weighted by Gasteiger charge is -2.42. The van der Waals surface area contributed by atoms with Crippen LogP contribution in [0.1, 0.15) is 26.7 Å². The zero-order valence-corrected chi connectivity index (χ0v) is 10.5. The Bertz CT molecular complexity index is 306. The zero-order valence-electron chi connectivity index (χ0n) is 10.5. The van der Waals surface area contributed by atoms with E-state index in [2.05, 4.69) is 10.2 Å². The van der Waals surface area contributed by atoms with E-state index in [1.54, 1.807) is 13.8 Å². The lowest BCUT2D eigenvalue weighted by atomic mass is 9.91. The highest BCUT2D eigenvalue weighted by atomic mass is 16.4. The van der Waals surface area contributed by atoms with Crippen LogP contribution in [0.25, 0.3) is 0 Å². The van der Waals surface area contributed by atoms with Crippen LogP contribution in [0.5, 0.6) is 0 Å². The highest BCUT2D eigenvalue weighted by Gasteiger charge is 2.44. The molecule has 0 aromatic carbocycles. The SMILES string of the molecule is CC(C)(CN1[C@H]2CC[C@@H]1[C@@H](CO)NC2)C(=O)O. The van der Waals surface area contributed by atoms with E-state index in [0.29, 0.717) is 12.6 Å². The molecule has 2 aliphatic rings. The number of rotatable bonds is 4. The molecule has 2 fully saturated rings. The molecule has 0 spiro atoms. The van der Waals surface area contributed by atoms with Crippen LogP contribution in [0.3, 0.4) is 0 Å². The Balaban J connectivity index is 2.08. The van der Waals surface area contributed by atoms with Crippen LogP contribution in [-0.2, 0) is 4.79 Å². The van der Waals surface area contributed by atoms with Crippen molar-refractivity contribution in [3.05, 3.63) is 0 Å². The first kappa shape index (κ1) is 12.8. The number of nitrogens with one attached hydrogen (secondary N) is 1. The van der Waals surface area contributed by atoms with Crippen molar-refractivity contribution < 1.29 is 15.0 Å². The normalized spacial score (nSPS) is 33.9. The van der Waals surface area contributed by atoms with Gasteiger partial charge in [-0.2, -0.15) is 0 Å². The summed E-state index contributed by atoms with van der Waals surface area (Å²) < 4.78 is 0. The van der Waals surface area contributed by atoms with Gasteiger partial charge in [0.2, 0.25) is 0 Å². The topological polar surface area (TPSA) is 72.8 Å². The average molecular weight is 242 g/mol. The number of carbonyl (C=O) groups is 1. The van der Waals surface area contributed by atoms with Gasteiger partial charge in [-0.25, -0.2) is 0 Å². The van der Waals surface area contributed by atoms with E-state index in [1.165, 1.54) is 0 Å². The molecule has 17 heavy (non-hydrogen) atoms. The molecule has 2 rings (SSSR count). The molecule has 0 aromatic rings. The fraction of sp³-hybridized carbons (Fsp3) is 0.917. The smallest absolute Gasteiger partial charge is 0.310 e. The molecular weight excluding hydrogens is 220 g/mol. The van der Waals surface area contributed by atoms with Crippen molar-refractivity contribution >= 4 is 5.97 Å². The fourth-order valence-electron chi connectivity index (χ4n) is 3.00. The lowest BCUT2D eigenvalue weighted by Crippen LogP contribution is -2.61. The van der Waals surface area contributed by atoms with Gasteiger partial charge in [-0.15, -0.1) is 0 Å². The summed E-state index contributed by atoms with van der Waals surface area (Å²) >= 11 is 0. The van der Waals surface area contributed by atoms with Gasteiger partial charge in [0.25, 0.3) is 0 Å². The second-order valence-electron chi connectivity index (χ2n) is 5.86. The fourth-order valence-corrected chi connectivity index (χ4v) is 3.00. The summed E-state index contributed by atoms with van der Waals surface area (Å²) in [5, 5.41) is 21.9. The van der Waals surface area contributed by atoms with E-state index >= 15 is 0 Å². The Morgan fingerprint density at radius 1 is 1.47 bits per heavy atom. The maximum Gasteiger partial charge on any atom is 0.310 e. The van der Waals surface area contributed by atoms with Crippen molar-refractivity contribution in [1.29, 1.82) is 0 Å². The number of aliphatic hydroxyl groups excluding tert-OH is 1. The molecule has 5 heteroatoms. The first-order valence-electron chi connectivity index (χ1n) is 6.29. The van der Waals surface area contributed by atoms with Crippen molar-refractivity contribution in [1.82, 2.24) is 10.2 Å². The molecule has 98 valence electrons. The minimum atomic E-state index is -0.754. The van der Waals surface area contributed by atoms with E-state index < -0.39 is 11.4 Å². The lowest BCUT2D eigenvalue weighted by molar-refractivity contribution is -0.148. The molecule has 2 aliphatic heterocycles. The van der Waals surface area contributed by atoms with Gasteiger partial charge in [-0.1, -0.05) is 0 Å². The molecule has 0 saturated carbocycles. The number of carboxylic acids is 1. The Kier molecular flexibility index (Phi) is 3.43. The van der Waals surface area contributed by atoms with Crippen LogP contribution < -0.4 is 5.32 Å². The standard InChI is InChI=1S/C12H22N2O3/c1-12(2,11(16)17)7-14-8-3-4-10(14)9(6-15)13-5-8/h8-10,13,15H,3-7H2,1-2H3,(H,16,17)/t8-,9+,10+/m0/s1. The Morgan fingerprint density at radius 3 is 2.76 bits per heavy atom. The van der Waals surface area contributed by atoms with Crippen LogP contribution in [-0.4, -0.2) is 58.9 Å². The summed E-state index contributed by atoms with van der Waals surface area (Å²) in [6.07, 6.45) is 2.16. The molecule has 3 atom stereocenters. The molecule has 0 aromatic heterocycles. The van der Waals surface area contributed by atoms with Crippen molar-refractivity contribution in [2.24, 2.45) is 5.41 Å². The van der Waals surface area contributed by atoms with Gasteiger partial charge in [0, 0.05) is 31.2 Å². The molecule has 2 bridgehead atoms. The number of nitrogens with zero attached hydrogens (tertiary/aromatic N) is 1. The summed E-state index contributed by atoms with van der Waals surface area (Å²) in [5.74, 6) is -0.754. The van der Waals surface area contributed by atoms with Crippen LogP contribution in [0.2, 0.25) is 0 Å². The zero-order chi connectivity index (χ0) is 12.6. The number of fused-ring (bicyclic) bond motifs is 2. The highest BCUT2D eigenvalue weighted by molar-refractivity contribution is 5.73. The van der Waals surface area contributed by atoms with Crippen LogP contribution >= 0.6 is 0 Å². The van der Waals surface area contributed by atoms with Gasteiger partial charge in [-0.05, 0) is 26.7 Å². The number of aliphatic carboxylic acids is 1. The predicted molar refractivity (Wildman–Crippen MR) is 63.8 cm³/mol. The van der Waals surface area contributed by atoms with Crippen molar-refractivity contribution in [2.45, 2.75) is 44.8 Å². The van der Waals surface area contributed by atoms with Crippen LogP contribution in [0.4, 0.5) is 0 Å². The Morgan fingerprint density at radius 2 is 2.18 bits per heavy atom. The largest absolute Gasteiger partial charge is 0.481 e. The van der Waals surface area contributed by atoms with E-state index in [1.807, 2.05) is 0 Å². The van der Waals surface area contributed by atoms with Crippen molar-refractivity contribution in [3.63, 3.8) is 0 Å². The number of piperazine rings is 1. The molecule has 2 heterocycles. The summed E-state index contributed by atoms with van der Waals surface area (Å²) in [6.45, 7) is 5.09. The Labute approximate surface area is 102 Å². The molecule has 0 aliphatic carbocycles. The van der Waals surface area contributed by atoms with Gasteiger partial charge in [0.1, 0.15) is 0 Å². The van der Waals surface area contributed by atoms with Gasteiger partial charge in [-0.3, -0.25) is 9.69 Å². The van der Waals surface area contributed by atoms with Crippen molar-refractivity contribution in [2.75, 3.05) is 19.7 Å². The minimum Gasteiger partial charge on any atom is -0.481 e. The first-order valence-corrected chi connectivity index (χ1v) is 6.29. The summed E-state index contributed by atoms with van der Waals surface area (Å²) in [4.78, 5) is 13.5. The number of hydrogen-bond donors (Lipinski definition) is 3. The molecule has 3 N–H and O–H groups in total. The van der Waals surface area contributed by atoms with Gasteiger partial charge in [0.05, 0.1) is 12.0 Å². The summed E-state index contributed by atoms with van der Waals surface area (Å²) in [5.41, 5.74) is -0.724. The second-order valence-corrected chi connectivity index (χ2v) is 5.86. The molecule has 5 nitrogen and oxygen atoms in total. The first-order chi connectivity index (χ1) is 7.95. The van der Waals surface area contributed by atoms with E-state index in [-0.39, 0.29) is 18.7 Å². The molecule has 2 saturated heterocycles. The minimum absolute atomic E-state index is 0.0957. The molecule has 0 amide bonds. The molecule has 0 radical (unpaired) electrons. The maximum atomic E-state index is 11.2. The molecular formula is C12H22N2O3. The number of aliphatic hydroxyl groups is 1. The van der Waals surface area contributed by atoms with Gasteiger partial charge in [0.15, 0.2) is 0 Å². The van der Waals surface area contributed by atoms with Crippen LogP contribution in [0, 0.1) is 5.41 Å². The second kappa shape index (κ2) is 4.55. The number of carboxylic acid groups (broad SMARTS) is 1. The third-order valence-electron chi connectivity index (χ3n) is 4.12. The van der Waals surface area contributed by atoms with Gasteiger partial charge < -0.3 is 15.5 Å². The summed E-state index contributed by atoms with van der Waals surface area (Å²) in [7, 11) is 0. The van der Waals surface area contributed by atoms with E-state index in [9.17, 15) is 15.0 Å². The van der Waals surface area contributed by atoms with Crippen molar-refractivity contribution in [3.8, 4) is 0 Å². The van der Waals surface area contributed by atoms with E-state index in [0.717, 1.165) is 19.4 Å².